The molecule has 1 aromatic carbocycles. The second-order valence-corrected chi connectivity index (χ2v) is 6.98. The van der Waals surface area contributed by atoms with Crippen LogP contribution in [0, 0.1) is 11.3 Å². The minimum Gasteiger partial charge on any atom is -0.406 e. The molecule has 0 saturated heterocycles. The zero-order valence-electron chi connectivity index (χ0n) is 18.0. The Morgan fingerprint density at radius 1 is 1.18 bits per heavy atom. The largest absolute Gasteiger partial charge is 0.573 e. The molecule has 11 heteroatoms. The highest BCUT2D eigenvalue weighted by Gasteiger charge is 2.31. The quantitative estimate of drug-likeness (QED) is 0.450. The van der Waals surface area contributed by atoms with Gasteiger partial charge in [0.05, 0.1) is 23.2 Å². The van der Waals surface area contributed by atoms with Gasteiger partial charge >= 0.3 is 6.36 Å². The SMILES string of the molecule is CCOCCC(C#N)c1ncc(C(=O)Nc2ccc(OC(F)(F)F)cc2)cc1-c1cncnc1. The lowest BCUT2D eigenvalue weighted by Gasteiger charge is -2.15. The number of amides is 1. The number of pyridine rings is 1. The van der Waals surface area contributed by atoms with Gasteiger partial charge in [-0.2, -0.15) is 5.26 Å². The van der Waals surface area contributed by atoms with E-state index in [0.29, 0.717) is 36.5 Å². The van der Waals surface area contributed by atoms with E-state index >= 15 is 0 Å². The fraction of sp³-hybridized carbons (Fsp3) is 0.261. The zero-order valence-corrected chi connectivity index (χ0v) is 18.0. The Kier molecular flexibility index (Phi) is 8.10. The number of carbonyl (C=O) groups is 1. The Hall–Kier alpha value is -4.04. The lowest BCUT2D eigenvalue weighted by molar-refractivity contribution is -0.274. The third kappa shape index (κ3) is 6.73. The van der Waals surface area contributed by atoms with Gasteiger partial charge in [0.25, 0.3) is 5.91 Å². The number of anilines is 1. The van der Waals surface area contributed by atoms with E-state index in [2.05, 4.69) is 31.1 Å². The number of nitriles is 1. The van der Waals surface area contributed by atoms with Crippen LogP contribution in [0.15, 0.2) is 55.2 Å². The molecule has 0 aliphatic heterocycles. The van der Waals surface area contributed by atoms with Gasteiger partial charge in [0.15, 0.2) is 0 Å². The number of halogens is 3. The summed E-state index contributed by atoms with van der Waals surface area (Å²) in [5, 5.41) is 12.3. The van der Waals surface area contributed by atoms with Crippen molar-refractivity contribution in [1.82, 2.24) is 15.0 Å². The lowest BCUT2D eigenvalue weighted by atomic mass is 9.94. The normalized spacial score (nSPS) is 12.0. The van der Waals surface area contributed by atoms with Crippen molar-refractivity contribution in [2.24, 2.45) is 0 Å². The molecule has 3 rings (SSSR count). The van der Waals surface area contributed by atoms with Crippen molar-refractivity contribution < 1.29 is 27.4 Å². The van der Waals surface area contributed by atoms with Crippen molar-refractivity contribution in [2.45, 2.75) is 25.6 Å². The van der Waals surface area contributed by atoms with Crippen LogP contribution in [0.3, 0.4) is 0 Å². The molecule has 0 aliphatic carbocycles. The summed E-state index contributed by atoms with van der Waals surface area (Å²) in [4.78, 5) is 25.2. The Balaban J connectivity index is 1.86. The molecular weight excluding hydrogens is 451 g/mol. The van der Waals surface area contributed by atoms with Crippen molar-refractivity contribution in [3.63, 3.8) is 0 Å². The first-order valence-corrected chi connectivity index (χ1v) is 10.2. The molecule has 0 radical (unpaired) electrons. The second kappa shape index (κ2) is 11.2. The molecule has 176 valence electrons. The van der Waals surface area contributed by atoms with Crippen LogP contribution in [0.1, 0.15) is 35.3 Å². The zero-order chi connectivity index (χ0) is 24.6. The molecule has 2 aromatic heterocycles. The first kappa shape index (κ1) is 24.6. The van der Waals surface area contributed by atoms with Gasteiger partial charge in [0.1, 0.15) is 12.1 Å². The maximum absolute atomic E-state index is 12.8. The summed E-state index contributed by atoms with van der Waals surface area (Å²) >= 11 is 0. The number of ether oxygens (including phenoxy) is 2. The number of hydrogen-bond acceptors (Lipinski definition) is 7. The van der Waals surface area contributed by atoms with Gasteiger partial charge in [-0.15, -0.1) is 13.2 Å². The molecule has 3 aromatic rings. The third-order valence-corrected chi connectivity index (χ3v) is 4.64. The molecule has 1 N–H and O–H groups in total. The number of benzene rings is 1. The minimum atomic E-state index is -4.81. The van der Waals surface area contributed by atoms with Gasteiger partial charge in [0.2, 0.25) is 0 Å². The molecular formula is C23H20F3N5O3. The van der Waals surface area contributed by atoms with Crippen LogP contribution in [0.25, 0.3) is 11.1 Å². The van der Waals surface area contributed by atoms with E-state index in [1.165, 1.54) is 24.7 Å². The number of alkyl halides is 3. The average molecular weight is 471 g/mol. The van der Waals surface area contributed by atoms with Gasteiger partial charge < -0.3 is 14.8 Å². The Morgan fingerprint density at radius 3 is 2.50 bits per heavy atom. The van der Waals surface area contributed by atoms with Gasteiger partial charge in [-0.3, -0.25) is 9.78 Å². The lowest BCUT2D eigenvalue weighted by Crippen LogP contribution is -2.17. The second-order valence-electron chi connectivity index (χ2n) is 6.98. The topological polar surface area (TPSA) is 110 Å². The summed E-state index contributed by atoms with van der Waals surface area (Å²) in [6.07, 6.45) is 1.40. The Bertz CT molecular complexity index is 1150. The maximum Gasteiger partial charge on any atom is 0.573 e. The van der Waals surface area contributed by atoms with E-state index < -0.39 is 23.9 Å². The fourth-order valence-corrected chi connectivity index (χ4v) is 3.10. The van der Waals surface area contributed by atoms with Crippen molar-refractivity contribution in [2.75, 3.05) is 18.5 Å². The van der Waals surface area contributed by atoms with Gasteiger partial charge in [-0.05, 0) is 43.7 Å². The van der Waals surface area contributed by atoms with E-state index in [-0.39, 0.29) is 11.3 Å². The first-order valence-electron chi connectivity index (χ1n) is 10.2. The summed E-state index contributed by atoms with van der Waals surface area (Å²) < 4.78 is 46.1. The van der Waals surface area contributed by atoms with E-state index in [4.69, 9.17) is 4.74 Å². The molecule has 1 atom stereocenters. The van der Waals surface area contributed by atoms with E-state index in [1.54, 1.807) is 18.5 Å². The molecule has 8 nitrogen and oxygen atoms in total. The average Bonchev–Trinajstić information content (AvgIpc) is 2.82. The summed E-state index contributed by atoms with van der Waals surface area (Å²) in [5.74, 6) is -1.53. The smallest absolute Gasteiger partial charge is 0.406 e. The molecule has 1 unspecified atom stereocenters. The Labute approximate surface area is 193 Å². The van der Waals surface area contributed by atoms with Crippen LogP contribution in [0.2, 0.25) is 0 Å². The van der Waals surface area contributed by atoms with Crippen molar-refractivity contribution in [3.8, 4) is 22.9 Å². The summed E-state index contributed by atoms with van der Waals surface area (Å²) in [7, 11) is 0. The first-order chi connectivity index (χ1) is 16.3. The summed E-state index contributed by atoms with van der Waals surface area (Å²) in [6.45, 7) is 2.75. The number of aromatic nitrogens is 3. The van der Waals surface area contributed by atoms with Crippen LogP contribution in [0.4, 0.5) is 18.9 Å². The van der Waals surface area contributed by atoms with Crippen molar-refractivity contribution in [3.05, 3.63) is 66.5 Å². The predicted octanol–water partition coefficient (Wildman–Crippen LogP) is 4.72. The van der Waals surface area contributed by atoms with Gasteiger partial charge in [-0.25, -0.2) is 9.97 Å². The molecule has 34 heavy (non-hydrogen) atoms. The fourth-order valence-electron chi connectivity index (χ4n) is 3.10. The van der Waals surface area contributed by atoms with E-state index in [9.17, 15) is 23.2 Å². The molecule has 0 bridgehead atoms. The van der Waals surface area contributed by atoms with Crippen LogP contribution in [0.5, 0.6) is 5.75 Å². The number of nitrogens with one attached hydrogen (secondary N) is 1. The molecule has 2 heterocycles. The van der Waals surface area contributed by atoms with Crippen LogP contribution in [-0.4, -0.2) is 40.4 Å². The molecule has 0 fully saturated rings. The van der Waals surface area contributed by atoms with Crippen LogP contribution >= 0.6 is 0 Å². The number of rotatable bonds is 9. The number of nitrogens with zero attached hydrogens (tertiary/aromatic N) is 4. The summed E-state index contributed by atoms with van der Waals surface area (Å²) in [5.41, 5.74) is 2.00. The van der Waals surface area contributed by atoms with Gasteiger partial charge in [-0.1, -0.05) is 0 Å². The third-order valence-electron chi connectivity index (χ3n) is 4.64. The molecule has 0 aliphatic rings. The van der Waals surface area contributed by atoms with Gasteiger partial charge in [0, 0.05) is 48.6 Å². The highest BCUT2D eigenvalue weighted by Crippen LogP contribution is 2.30. The highest BCUT2D eigenvalue weighted by molar-refractivity contribution is 6.04. The van der Waals surface area contributed by atoms with Crippen LogP contribution < -0.4 is 10.1 Å². The molecule has 0 saturated carbocycles. The molecule has 1 amide bonds. The predicted molar refractivity (Wildman–Crippen MR) is 116 cm³/mol. The minimum absolute atomic E-state index is 0.180. The monoisotopic (exact) mass is 471 g/mol. The van der Waals surface area contributed by atoms with E-state index in [0.717, 1.165) is 12.1 Å². The number of carbonyl (C=O) groups excluding carboxylic acids is 1. The van der Waals surface area contributed by atoms with Crippen LogP contribution in [-0.2, 0) is 4.74 Å². The maximum atomic E-state index is 12.8. The molecule has 0 spiro atoms. The summed E-state index contributed by atoms with van der Waals surface area (Å²) in [6, 6.07) is 8.54. The standard InChI is InChI=1S/C23H20F3N5O3/c1-2-33-8-7-15(10-27)21-20(17-11-28-14-29-12-17)9-16(13-30-21)22(32)31-18-3-5-19(6-4-18)34-23(24,25)26/h3-6,9,11-15H,2,7-8H2,1H3,(H,31,32). The Morgan fingerprint density at radius 2 is 1.88 bits per heavy atom. The highest BCUT2D eigenvalue weighted by atomic mass is 19.4. The van der Waals surface area contributed by atoms with E-state index in [1.807, 2.05) is 6.92 Å². The van der Waals surface area contributed by atoms with Crippen molar-refractivity contribution in [1.29, 1.82) is 5.26 Å². The number of hydrogen-bond donors (Lipinski definition) is 1. The van der Waals surface area contributed by atoms with Crippen molar-refractivity contribution >= 4 is 11.6 Å².